The number of carbonyl (C=O) groups excluding carboxylic acids is 1. The zero-order chi connectivity index (χ0) is 17.4. The zero-order valence-corrected chi connectivity index (χ0v) is 18.5. The number of rotatable bonds is 9. The molecule has 0 rings (SSSR count). The predicted molar refractivity (Wildman–Crippen MR) is 107 cm³/mol. The van der Waals surface area contributed by atoms with Gasteiger partial charge in [-0.3, -0.25) is 4.79 Å². The number of hydrogen-bond donors (Lipinski definition) is 1. The van der Waals surface area contributed by atoms with Crippen molar-refractivity contribution >= 4 is 36.8 Å². The molecule has 0 fully saturated rings. The van der Waals surface area contributed by atoms with Crippen LogP contribution in [0.4, 0.5) is 0 Å². The van der Waals surface area contributed by atoms with E-state index in [-0.39, 0.29) is 10.9 Å². The van der Waals surface area contributed by atoms with Crippen LogP contribution in [0.2, 0.25) is 18.1 Å². The van der Waals surface area contributed by atoms with Crippen LogP contribution in [0.1, 0.15) is 47.5 Å². The van der Waals surface area contributed by atoms with Gasteiger partial charge in [-0.15, -0.1) is 0 Å². The maximum absolute atomic E-state index is 10.8. The Labute approximate surface area is 151 Å². The molecule has 1 amide bonds. The molecular formula is C17H34INO2Si. The molecule has 0 aliphatic carbocycles. The number of hydrogen-bond acceptors (Lipinski definition) is 2. The van der Waals surface area contributed by atoms with Gasteiger partial charge in [-0.05, 0) is 36.9 Å². The van der Waals surface area contributed by atoms with Crippen molar-refractivity contribution in [2.45, 2.75) is 71.7 Å². The summed E-state index contributed by atoms with van der Waals surface area (Å²) >= 11 is 2.44. The van der Waals surface area contributed by atoms with Crippen molar-refractivity contribution < 1.29 is 9.22 Å². The maximum Gasteiger partial charge on any atom is 0.217 e. The highest BCUT2D eigenvalue weighted by atomic mass is 127. The lowest BCUT2D eigenvalue weighted by atomic mass is 9.99. The lowest BCUT2D eigenvalue weighted by Gasteiger charge is -2.41. The van der Waals surface area contributed by atoms with Gasteiger partial charge in [0.25, 0.3) is 0 Å². The van der Waals surface area contributed by atoms with Crippen LogP contribution in [-0.4, -0.2) is 31.3 Å². The Morgan fingerprint density at radius 1 is 1.32 bits per heavy atom. The Kier molecular flexibility index (Phi) is 10.1. The highest BCUT2D eigenvalue weighted by molar-refractivity contribution is 14.1. The van der Waals surface area contributed by atoms with Crippen LogP contribution in [0, 0.1) is 5.92 Å². The topological polar surface area (TPSA) is 38.3 Å². The van der Waals surface area contributed by atoms with Gasteiger partial charge in [-0.25, -0.2) is 0 Å². The van der Waals surface area contributed by atoms with Crippen molar-refractivity contribution in [2.75, 3.05) is 11.0 Å². The number of amides is 1. The first-order valence-corrected chi connectivity index (χ1v) is 12.6. The quantitative estimate of drug-likeness (QED) is 0.240. The fourth-order valence-electron chi connectivity index (χ4n) is 1.87. The van der Waals surface area contributed by atoms with Crippen molar-refractivity contribution in [1.29, 1.82) is 0 Å². The standard InChI is InChI=1S/C17H34INO2Si/c1-14(10-8-9-13-19-15(2)20)16(11-12-18)21-22(6,7)17(3,4)5/h8-9,14,16H,10-13H2,1-7H3,(H,19,20)/b9-8+/t14-,16-/m0/s1. The minimum Gasteiger partial charge on any atom is -0.414 e. The number of alkyl halides is 1. The minimum atomic E-state index is -1.72. The molecule has 0 spiro atoms. The third-order valence-corrected chi connectivity index (χ3v) is 9.55. The molecule has 0 aliphatic rings. The average molecular weight is 439 g/mol. The molecule has 3 nitrogen and oxygen atoms in total. The first kappa shape index (κ1) is 22.1. The number of halogens is 1. The van der Waals surface area contributed by atoms with Gasteiger partial charge >= 0.3 is 0 Å². The molecule has 1 N–H and O–H groups in total. The highest BCUT2D eigenvalue weighted by Crippen LogP contribution is 2.38. The average Bonchev–Trinajstić information content (AvgIpc) is 2.35. The van der Waals surface area contributed by atoms with E-state index in [0.29, 0.717) is 18.6 Å². The van der Waals surface area contributed by atoms with E-state index < -0.39 is 8.32 Å². The van der Waals surface area contributed by atoms with Crippen LogP contribution in [0.5, 0.6) is 0 Å². The fraction of sp³-hybridized carbons (Fsp3) is 0.824. The SMILES string of the molecule is CC(=O)NC/C=C/C[C@H](C)[C@H](CCI)O[Si](C)(C)C(C)(C)C. The molecule has 2 atom stereocenters. The predicted octanol–water partition coefficient (Wildman–Crippen LogP) is 4.92. The largest absolute Gasteiger partial charge is 0.414 e. The summed E-state index contributed by atoms with van der Waals surface area (Å²) in [4.78, 5) is 10.8. The Morgan fingerprint density at radius 3 is 2.36 bits per heavy atom. The highest BCUT2D eigenvalue weighted by Gasteiger charge is 2.39. The zero-order valence-electron chi connectivity index (χ0n) is 15.3. The van der Waals surface area contributed by atoms with Crippen molar-refractivity contribution in [2.24, 2.45) is 5.92 Å². The molecule has 0 aromatic rings. The van der Waals surface area contributed by atoms with Crippen molar-refractivity contribution in [3.8, 4) is 0 Å². The molecule has 0 heterocycles. The van der Waals surface area contributed by atoms with Crippen LogP contribution in [0.3, 0.4) is 0 Å². The molecule has 0 aromatic carbocycles. The summed E-state index contributed by atoms with van der Waals surface area (Å²) in [5.74, 6) is 0.513. The number of allylic oxidation sites excluding steroid dienone is 1. The normalized spacial score (nSPS) is 15.8. The fourth-order valence-corrected chi connectivity index (χ4v) is 3.95. The molecule has 0 saturated heterocycles. The molecule has 22 heavy (non-hydrogen) atoms. The molecule has 0 aliphatic heterocycles. The monoisotopic (exact) mass is 439 g/mol. The van der Waals surface area contributed by atoms with Gasteiger partial charge in [-0.2, -0.15) is 0 Å². The first-order chi connectivity index (χ1) is 10.0. The maximum atomic E-state index is 10.8. The van der Waals surface area contributed by atoms with E-state index in [1.54, 1.807) is 6.92 Å². The second-order valence-electron chi connectivity index (χ2n) is 7.52. The summed E-state index contributed by atoms with van der Waals surface area (Å²) in [7, 11) is -1.72. The van der Waals surface area contributed by atoms with Crippen LogP contribution in [0.15, 0.2) is 12.2 Å². The smallest absolute Gasteiger partial charge is 0.217 e. The van der Waals surface area contributed by atoms with E-state index in [2.05, 4.69) is 74.8 Å². The van der Waals surface area contributed by atoms with E-state index in [1.807, 2.05) is 6.08 Å². The lowest BCUT2D eigenvalue weighted by molar-refractivity contribution is -0.118. The van der Waals surface area contributed by atoms with Gasteiger partial charge in [-0.1, -0.05) is 62.4 Å². The summed E-state index contributed by atoms with van der Waals surface area (Å²) in [5, 5.41) is 3.03. The van der Waals surface area contributed by atoms with Gasteiger partial charge in [0.1, 0.15) is 0 Å². The third-order valence-electron chi connectivity index (χ3n) is 4.42. The first-order valence-electron chi connectivity index (χ1n) is 8.14. The van der Waals surface area contributed by atoms with Crippen molar-refractivity contribution in [3.63, 3.8) is 0 Å². The van der Waals surface area contributed by atoms with Gasteiger partial charge in [0.05, 0.1) is 0 Å². The molecule has 0 bridgehead atoms. The molecule has 0 aromatic heterocycles. The van der Waals surface area contributed by atoms with Crippen LogP contribution in [-0.2, 0) is 9.22 Å². The van der Waals surface area contributed by atoms with E-state index >= 15 is 0 Å². The van der Waals surface area contributed by atoms with Gasteiger partial charge in [0.2, 0.25) is 5.91 Å². The summed E-state index contributed by atoms with van der Waals surface area (Å²) in [6.45, 7) is 15.9. The van der Waals surface area contributed by atoms with E-state index in [1.165, 1.54) is 0 Å². The van der Waals surface area contributed by atoms with Crippen molar-refractivity contribution in [3.05, 3.63) is 12.2 Å². The van der Waals surface area contributed by atoms with Crippen LogP contribution >= 0.6 is 22.6 Å². The minimum absolute atomic E-state index is 0.0155. The van der Waals surface area contributed by atoms with E-state index in [4.69, 9.17) is 4.43 Å². The van der Waals surface area contributed by atoms with Crippen molar-refractivity contribution in [1.82, 2.24) is 5.32 Å². The summed E-state index contributed by atoms with van der Waals surface area (Å²) < 4.78 is 7.75. The molecule has 5 heteroatoms. The van der Waals surface area contributed by atoms with Crippen LogP contribution < -0.4 is 5.32 Å². The van der Waals surface area contributed by atoms with Gasteiger partial charge in [0, 0.05) is 24.0 Å². The molecular weight excluding hydrogens is 405 g/mol. The third kappa shape index (κ3) is 8.67. The Morgan fingerprint density at radius 2 is 1.91 bits per heavy atom. The molecule has 0 unspecified atom stereocenters. The summed E-state index contributed by atoms with van der Waals surface area (Å²) in [6, 6.07) is 0. The summed E-state index contributed by atoms with van der Waals surface area (Å²) in [6.07, 6.45) is 6.62. The van der Waals surface area contributed by atoms with Crippen LogP contribution in [0.25, 0.3) is 0 Å². The molecule has 0 radical (unpaired) electrons. The number of nitrogens with one attached hydrogen (secondary N) is 1. The Hall–Kier alpha value is 0.117. The molecule has 130 valence electrons. The molecule has 0 saturated carbocycles. The lowest BCUT2D eigenvalue weighted by Crippen LogP contribution is -2.45. The Balaban J connectivity index is 4.57. The number of carbonyl (C=O) groups is 1. The van der Waals surface area contributed by atoms with E-state index in [9.17, 15) is 4.79 Å². The summed E-state index contributed by atoms with van der Waals surface area (Å²) in [5.41, 5.74) is 0. The van der Waals surface area contributed by atoms with E-state index in [0.717, 1.165) is 17.3 Å². The second-order valence-corrected chi connectivity index (χ2v) is 13.4. The van der Waals surface area contributed by atoms with Gasteiger partial charge < -0.3 is 9.74 Å². The second kappa shape index (κ2) is 10.1. The Bertz CT molecular complexity index is 364. The van der Waals surface area contributed by atoms with Gasteiger partial charge in [0.15, 0.2) is 8.32 Å².